The summed E-state index contributed by atoms with van der Waals surface area (Å²) in [5.74, 6) is 1.93. The summed E-state index contributed by atoms with van der Waals surface area (Å²) in [5, 5.41) is 13.1. The summed E-state index contributed by atoms with van der Waals surface area (Å²) >= 11 is 0. The normalized spacial score (nSPS) is 53.8. The summed E-state index contributed by atoms with van der Waals surface area (Å²) in [7, 11) is 0. The van der Waals surface area contributed by atoms with Crippen LogP contribution < -0.4 is 5.32 Å². The summed E-state index contributed by atoms with van der Waals surface area (Å²) in [6.45, 7) is 1.20. The van der Waals surface area contributed by atoms with E-state index >= 15 is 0 Å². The molecular formula is C10H17NO2. The Balaban J connectivity index is 1.56. The summed E-state index contributed by atoms with van der Waals surface area (Å²) in [6, 6.07) is 0.871. The smallest absolute Gasteiger partial charge is 0.0948 e. The molecule has 0 aromatic carbocycles. The van der Waals surface area contributed by atoms with Crippen molar-refractivity contribution in [2.45, 2.75) is 37.5 Å². The van der Waals surface area contributed by atoms with E-state index in [9.17, 15) is 5.11 Å². The van der Waals surface area contributed by atoms with E-state index < -0.39 is 0 Å². The highest BCUT2D eigenvalue weighted by molar-refractivity contribution is 5.02. The predicted octanol–water partition coefficient (Wildman–Crippen LogP) is 0.134. The van der Waals surface area contributed by atoms with Gasteiger partial charge in [-0.2, -0.15) is 0 Å². The maximum atomic E-state index is 9.56. The lowest BCUT2D eigenvalue weighted by molar-refractivity contribution is 0.121. The second kappa shape index (κ2) is 2.94. The Morgan fingerprint density at radius 1 is 1.15 bits per heavy atom. The number of aliphatic hydroxyl groups is 1. The number of hydrogen-bond donors (Lipinski definition) is 2. The van der Waals surface area contributed by atoms with Crippen LogP contribution in [0.3, 0.4) is 0 Å². The first-order valence-corrected chi connectivity index (χ1v) is 5.36. The van der Waals surface area contributed by atoms with Crippen molar-refractivity contribution in [3.63, 3.8) is 0 Å². The molecule has 0 radical (unpaired) electrons. The lowest BCUT2D eigenvalue weighted by Gasteiger charge is -2.21. The van der Waals surface area contributed by atoms with Gasteiger partial charge in [-0.25, -0.2) is 0 Å². The van der Waals surface area contributed by atoms with E-state index in [4.69, 9.17) is 4.74 Å². The van der Waals surface area contributed by atoms with Gasteiger partial charge in [0.2, 0.25) is 0 Å². The highest BCUT2D eigenvalue weighted by Crippen LogP contribution is 2.51. The van der Waals surface area contributed by atoms with E-state index in [1.807, 2.05) is 0 Å². The van der Waals surface area contributed by atoms with Crippen LogP contribution in [0.2, 0.25) is 0 Å². The molecule has 0 amide bonds. The lowest BCUT2D eigenvalue weighted by Crippen LogP contribution is -2.45. The molecule has 0 spiro atoms. The van der Waals surface area contributed by atoms with Gasteiger partial charge in [-0.3, -0.25) is 0 Å². The molecule has 2 N–H and O–H groups in total. The fourth-order valence-corrected chi connectivity index (χ4v) is 2.89. The molecule has 1 heterocycles. The Morgan fingerprint density at radius 2 is 2.08 bits per heavy atom. The van der Waals surface area contributed by atoms with Gasteiger partial charge in [-0.15, -0.1) is 0 Å². The van der Waals surface area contributed by atoms with Crippen LogP contribution in [0.15, 0.2) is 0 Å². The first-order chi connectivity index (χ1) is 6.34. The van der Waals surface area contributed by atoms with Gasteiger partial charge in [0.1, 0.15) is 0 Å². The average molecular weight is 183 g/mol. The highest BCUT2D eigenvalue weighted by atomic mass is 16.5. The van der Waals surface area contributed by atoms with Gasteiger partial charge in [0.05, 0.1) is 25.4 Å². The SMILES string of the molecule is OC1COCC1NC1CCC2CC21. The zero-order valence-electron chi connectivity index (χ0n) is 7.78. The molecule has 0 bridgehead atoms. The first kappa shape index (κ1) is 8.21. The number of aliphatic hydroxyl groups excluding tert-OH is 1. The van der Waals surface area contributed by atoms with Crippen LogP contribution in [0.5, 0.6) is 0 Å². The number of ether oxygens (including phenoxy) is 1. The van der Waals surface area contributed by atoms with Crippen molar-refractivity contribution in [2.24, 2.45) is 11.8 Å². The minimum Gasteiger partial charge on any atom is -0.389 e. The van der Waals surface area contributed by atoms with Gasteiger partial charge in [0, 0.05) is 6.04 Å². The third-order valence-corrected chi connectivity index (χ3v) is 3.82. The monoisotopic (exact) mass is 183 g/mol. The van der Waals surface area contributed by atoms with Crippen molar-refractivity contribution in [1.82, 2.24) is 5.32 Å². The van der Waals surface area contributed by atoms with Crippen molar-refractivity contribution in [3.8, 4) is 0 Å². The molecule has 0 aromatic heterocycles. The molecule has 0 aromatic rings. The van der Waals surface area contributed by atoms with Gasteiger partial charge < -0.3 is 15.2 Å². The Hall–Kier alpha value is -0.120. The number of fused-ring (bicyclic) bond motifs is 1. The minimum atomic E-state index is -0.280. The first-order valence-electron chi connectivity index (χ1n) is 5.36. The van der Waals surface area contributed by atoms with Crippen molar-refractivity contribution >= 4 is 0 Å². The average Bonchev–Trinajstić information content (AvgIpc) is 2.65. The Bertz CT molecular complexity index is 203. The van der Waals surface area contributed by atoms with Crippen molar-refractivity contribution in [2.75, 3.05) is 13.2 Å². The van der Waals surface area contributed by atoms with Crippen LogP contribution in [0.1, 0.15) is 19.3 Å². The Morgan fingerprint density at radius 3 is 2.62 bits per heavy atom. The van der Waals surface area contributed by atoms with Crippen LogP contribution in [0, 0.1) is 11.8 Å². The minimum absolute atomic E-state index is 0.198. The quantitative estimate of drug-likeness (QED) is 0.639. The zero-order chi connectivity index (χ0) is 8.84. The van der Waals surface area contributed by atoms with Crippen molar-refractivity contribution in [3.05, 3.63) is 0 Å². The van der Waals surface area contributed by atoms with E-state index in [-0.39, 0.29) is 12.1 Å². The topological polar surface area (TPSA) is 41.5 Å². The number of rotatable bonds is 2. The van der Waals surface area contributed by atoms with E-state index in [0.29, 0.717) is 19.3 Å². The summed E-state index contributed by atoms with van der Waals surface area (Å²) in [5.41, 5.74) is 0. The standard InChI is InChI=1S/C10H17NO2/c12-10-5-13-4-9(10)11-8-2-1-6-3-7(6)8/h6-12H,1-5H2. The number of nitrogens with one attached hydrogen (secondary N) is 1. The molecule has 13 heavy (non-hydrogen) atoms. The molecule has 3 heteroatoms. The highest BCUT2D eigenvalue weighted by Gasteiger charge is 2.48. The maximum Gasteiger partial charge on any atom is 0.0948 e. The molecule has 5 unspecified atom stereocenters. The van der Waals surface area contributed by atoms with Crippen LogP contribution >= 0.6 is 0 Å². The lowest BCUT2D eigenvalue weighted by atomic mass is 10.1. The van der Waals surface area contributed by atoms with Crippen LogP contribution in [-0.2, 0) is 4.74 Å². The molecule has 3 rings (SSSR count). The fourth-order valence-electron chi connectivity index (χ4n) is 2.89. The molecule has 1 aliphatic heterocycles. The van der Waals surface area contributed by atoms with Gasteiger partial charge in [0.25, 0.3) is 0 Å². The molecule has 3 nitrogen and oxygen atoms in total. The van der Waals surface area contributed by atoms with Gasteiger partial charge in [-0.1, -0.05) is 0 Å². The zero-order valence-corrected chi connectivity index (χ0v) is 7.78. The Kier molecular flexibility index (Phi) is 1.86. The van der Waals surface area contributed by atoms with E-state index in [1.165, 1.54) is 19.3 Å². The Labute approximate surface area is 78.5 Å². The van der Waals surface area contributed by atoms with Crippen LogP contribution in [0.4, 0.5) is 0 Å². The van der Waals surface area contributed by atoms with Crippen molar-refractivity contribution < 1.29 is 9.84 Å². The summed E-state index contributed by atoms with van der Waals surface area (Å²) in [6.07, 6.45) is 3.84. The van der Waals surface area contributed by atoms with Gasteiger partial charge in [-0.05, 0) is 31.1 Å². The second-order valence-corrected chi connectivity index (χ2v) is 4.72. The second-order valence-electron chi connectivity index (χ2n) is 4.72. The van der Waals surface area contributed by atoms with Gasteiger partial charge >= 0.3 is 0 Å². The molecule has 3 aliphatic rings. The largest absolute Gasteiger partial charge is 0.389 e. The summed E-state index contributed by atoms with van der Waals surface area (Å²) < 4.78 is 5.22. The molecule has 1 saturated heterocycles. The number of hydrogen-bond acceptors (Lipinski definition) is 3. The fraction of sp³-hybridized carbons (Fsp3) is 1.00. The van der Waals surface area contributed by atoms with Crippen LogP contribution in [-0.4, -0.2) is 36.5 Å². The molecular weight excluding hydrogens is 166 g/mol. The van der Waals surface area contributed by atoms with E-state index in [2.05, 4.69) is 5.32 Å². The molecule has 74 valence electrons. The molecule has 2 saturated carbocycles. The van der Waals surface area contributed by atoms with Crippen molar-refractivity contribution in [1.29, 1.82) is 0 Å². The maximum absolute atomic E-state index is 9.56. The molecule has 5 atom stereocenters. The third-order valence-electron chi connectivity index (χ3n) is 3.82. The van der Waals surface area contributed by atoms with Crippen LogP contribution in [0.25, 0.3) is 0 Å². The van der Waals surface area contributed by atoms with E-state index in [1.54, 1.807) is 0 Å². The van der Waals surface area contributed by atoms with Gasteiger partial charge in [0.15, 0.2) is 0 Å². The predicted molar refractivity (Wildman–Crippen MR) is 48.4 cm³/mol. The van der Waals surface area contributed by atoms with E-state index in [0.717, 1.165) is 11.8 Å². The third kappa shape index (κ3) is 1.39. The molecule has 2 aliphatic carbocycles. The molecule has 3 fully saturated rings. The summed E-state index contributed by atoms with van der Waals surface area (Å²) in [4.78, 5) is 0.